The van der Waals surface area contributed by atoms with E-state index in [1.807, 2.05) is 6.07 Å². The lowest BCUT2D eigenvalue weighted by molar-refractivity contribution is -0.385. The van der Waals surface area contributed by atoms with E-state index in [1.165, 1.54) is 24.1 Å². The van der Waals surface area contributed by atoms with Gasteiger partial charge in [-0.2, -0.15) is 5.26 Å². The molecule has 0 aliphatic heterocycles. The van der Waals surface area contributed by atoms with Crippen LogP contribution in [0.15, 0.2) is 41.5 Å². The van der Waals surface area contributed by atoms with E-state index in [0.29, 0.717) is 23.0 Å². The molecule has 0 N–H and O–H groups in total. The van der Waals surface area contributed by atoms with Crippen LogP contribution in [0.25, 0.3) is 0 Å². The molecule has 0 saturated heterocycles. The van der Waals surface area contributed by atoms with Crippen molar-refractivity contribution in [2.24, 2.45) is 16.3 Å². The Bertz CT molecular complexity index is 1320. The van der Waals surface area contributed by atoms with Gasteiger partial charge in [0.15, 0.2) is 11.5 Å². The van der Waals surface area contributed by atoms with Crippen molar-refractivity contribution in [2.75, 3.05) is 7.11 Å². The monoisotopic (exact) mass is 490 g/mol. The first kappa shape index (κ1) is 24.4. The summed E-state index contributed by atoms with van der Waals surface area (Å²) in [6, 6.07) is 10.4. The molecule has 1 aliphatic carbocycles. The lowest BCUT2D eigenvalue weighted by atomic mass is 9.72. The van der Waals surface area contributed by atoms with Crippen LogP contribution >= 0.6 is 11.3 Å². The SMILES string of the molecule is COc1cc(C=Nc2sc3c(c2C#N)CC[C@@H](C(C)(C)C)C3)ccc1Oc1ccc([N+](=O)[O-])cn1. The van der Waals surface area contributed by atoms with E-state index in [0.717, 1.165) is 41.6 Å². The number of thiophene rings is 1. The average Bonchev–Trinajstić information content (AvgIpc) is 3.19. The fourth-order valence-corrected chi connectivity index (χ4v) is 5.37. The summed E-state index contributed by atoms with van der Waals surface area (Å²) in [5, 5.41) is 21.3. The number of methoxy groups -OCH3 is 1. The molecule has 0 amide bonds. The van der Waals surface area contributed by atoms with Crippen LogP contribution in [0.3, 0.4) is 0 Å². The number of fused-ring (bicyclic) bond motifs is 1. The van der Waals surface area contributed by atoms with Crippen LogP contribution in [0, 0.1) is 32.8 Å². The summed E-state index contributed by atoms with van der Waals surface area (Å²) in [6.45, 7) is 6.83. The smallest absolute Gasteiger partial charge is 0.287 e. The third kappa shape index (κ3) is 5.33. The Morgan fingerprint density at radius 1 is 1.29 bits per heavy atom. The number of benzene rings is 1. The molecule has 9 heteroatoms. The van der Waals surface area contributed by atoms with Crippen molar-refractivity contribution >= 4 is 28.2 Å². The van der Waals surface area contributed by atoms with Crippen LogP contribution in [0.4, 0.5) is 10.7 Å². The van der Waals surface area contributed by atoms with Crippen LogP contribution in [0.5, 0.6) is 17.4 Å². The Morgan fingerprint density at radius 2 is 2.09 bits per heavy atom. The first-order valence-electron chi connectivity index (χ1n) is 11.2. The standard InChI is InChI=1S/C26H26N4O4S/c1-26(2,3)17-6-8-19-20(13-27)25(35-23(19)12-17)29-14-16-5-9-21(22(11-16)33-4)34-24-10-7-18(15-28-24)30(31)32/h5,7,9-11,14-15,17H,6,8,12H2,1-4H3/t17-/m1/s1. The zero-order valence-corrected chi connectivity index (χ0v) is 20.9. The molecule has 8 nitrogen and oxygen atoms in total. The van der Waals surface area contributed by atoms with Gasteiger partial charge in [0.2, 0.25) is 5.88 Å². The Morgan fingerprint density at radius 3 is 2.71 bits per heavy atom. The highest BCUT2D eigenvalue weighted by atomic mass is 32.1. The van der Waals surface area contributed by atoms with Crippen molar-refractivity contribution in [3.8, 4) is 23.4 Å². The number of nitro groups is 1. The van der Waals surface area contributed by atoms with Crippen molar-refractivity contribution in [1.82, 2.24) is 4.98 Å². The van der Waals surface area contributed by atoms with Gasteiger partial charge in [-0.3, -0.25) is 10.1 Å². The Kier molecular flexibility index (Phi) is 6.85. The molecule has 0 fully saturated rings. The highest BCUT2D eigenvalue weighted by molar-refractivity contribution is 7.16. The van der Waals surface area contributed by atoms with Crippen molar-refractivity contribution in [3.63, 3.8) is 0 Å². The van der Waals surface area contributed by atoms with Gasteiger partial charge in [-0.25, -0.2) is 9.98 Å². The van der Waals surface area contributed by atoms with Crippen LogP contribution in [-0.2, 0) is 12.8 Å². The number of hydrogen-bond acceptors (Lipinski definition) is 8. The molecule has 180 valence electrons. The summed E-state index contributed by atoms with van der Waals surface area (Å²) in [5.74, 6) is 1.70. The molecule has 3 aromatic rings. The first-order valence-corrected chi connectivity index (χ1v) is 12.1. The molecule has 2 aromatic heterocycles. The van der Waals surface area contributed by atoms with Gasteiger partial charge in [0, 0.05) is 23.2 Å². The number of ether oxygens (including phenoxy) is 2. The van der Waals surface area contributed by atoms with E-state index in [1.54, 1.807) is 29.7 Å². The topological polar surface area (TPSA) is 111 Å². The van der Waals surface area contributed by atoms with Crippen LogP contribution in [0.1, 0.15) is 48.8 Å². The van der Waals surface area contributed by atoms with Gasteiger partial charge in [-0.05, 0) is 59.9 Å². The summed E-state index contributed by atoms with van der Waals surface area (Å²) < 4.78 is 11.2. The predicted octanol–water partition coefficient (Wildman–Crippen LogP) is 6.63. The van der Waals surface area contributed by atoms with Gasteiger partial charge >= 0.3 is 0 Å². The van der Waals surface area contributed by atoms with Crippen molar-refractivity contribution in [2.45, 2.75) is 40.0 Å². The third-order valence-corrected chi connectivity index (χ3v) is 7.41. The molecule has 0 saturated carbocycles. The Balaban J connectivity index is 1.54. The summed E-state index contributed by atoms with van der Waals surface area (Å²) in [7, 11) is 1.53. The molecule has 0 radical (unpaired) electrons. The average molecular weight is 491 g/mol. The molecular formula is C26H26N4O4S. The lowest BCUT2D eigenvalue weighted by Crippen LogP contribution is -2.26. The lowest BCUT2D eigenvalue weighted by Gasteiger charge is -2.33. The molecule has 2 heterocycles. The number of aromatic nitrogens is 1. The molecule has 0 unspecified atom stereocenters. The van der Waals surface area contributed by atoms with Crippen LogP contribution < -0.4 is 9.47 Å². The highest BCUT2D eigenvalue weighted by Crippen LogP contribution is 2.45. The molecular weight excluding hydrogens is 464 g/mol. The maximum absolute atomic E-state index is 10.8. The minimum absolute atomic E-state index is 0.114. The Hall–Kier alpha value is -3.77. The zero-order chi connectivity index (χ0) is 25.2. The largest absolute Gasteiger partial charge is 0.493 e. The van der Waals surface area contributed by atoms with E-state index >= 15 is 0 Å². The summed E-state index contributed by atoms with van der Waals surface area (Å²) in [4.78, 5) is 20.2. The van der Waals surface area contributed by atoms with E-state index in [4.69, 9.17) is 9.47 Å². The predicted molar refractivity (Wildman–Crippen MR) is 135 cm³/mol. The van der Waals surface area contributed by atoms with E-state index < -0.39 is 4.92 Å². The minimum atomic E-state index is -0.518. The van der Waals surface area contributed by atoms with Crippen LogP contribution in [-0.4, -0.2) is 23.2 Å². The molecule has 1 atom stereocenters. The second kappa shape index (κ2) is 9.84. The van der Waals surface area contributed by atoms with Gasteiger partial charge in [0.1, 0.15) is 17.3 Å². The second-order valence-electron chi connectivity index (χ2n) is 9.48. The maximum Gasteiger partial charge on any atom is 0.287 e. The van der Waals surface area contributed by atoms with Crippen molar-refractivity contribution in [3.05, 3.63) is 68.2 Å². The minimum Gasteiger partial charge on any atom is -0.493 e. The summed E-state index contributed by atoms with van der Waals surface area (Å²) >= 11 is 1.61. The maximum atomic E-state index is 10.8. The summed E-state index contributed by atoms with van der Waals surface area (Å²) in [6.07, 6.45) is 5.86. The van der Waals surface area contributed by atoms with Gasteiger partial charge < -0.3 is 9.47 Å². The van der Waals surface area contributed by atoms with E-state index in [-0.39, 0.29) is 17.0 Å². The zero-order valence-electron chi connectivity index (χ0n) is 20.1. The normalized spacial score (nSPS) is 15.5. The molecule has 0 bridgehead atoms. The van der Waals surface area contributed by atoms with Gasteiger partial charge in [0.05, 0.1) is 17.6 Å². The number of pyridine rings is 1. The Labute approximate surface area is 208 Å². The highest BCUT2D eigenvalue weighted by Gasteiger charge is 2.32. The fraction of sp³-hybridized carbons (Fsp3) is 0.346. The quantitative estimate of drug-likeness (QED) is 0.218. The molecule has 4 rings (SSSR count). The third-order valence-electron chi connectivity index (χ3n) is 6.25. The number of hydrogen-bond donors (Lipinski definition) is 0. The number of nitriles is 1. The number of rotatable bonds is 6. The second-order valence-corrected chi connectivity index (χ2v) is 10.6. The van der Waals surface area contributed by atoms with E-state index in [2.05, 4.69) is 36.8 Å². The first-order chi connectivity index (χ1) is 16.7. The summed E-state index contributed by atoms with van der Waals surface area (Å²) in [5.41, 5.74) is 2.75. The van der Waals surface area contributed by atoms with Crippen LogP contribution in [0.2, 0.25) is 0 Å². The molecule has 1 aliphatic rings. The number of nitrogens with zero attached hydrogens (tertiary/aromatic N) is 4. The fourth-order valence-electron chi connectivity index (χ4n) is 4.15. The van der Waals surface area contributed by atoms with Crippen molar-refractivity contribution in [1.29, 1.82) is 5.26 Å². The molecule has 35 heavy (non-hydrogen) atoms. The molecule has 0 spiro atoms. The van der Waals surface area contributed by atoms with E-state index in [9.17, 15) is 15.4 Å². The molecule has 1 aromatic carbocycles. The van der Waals surface area contributed by atoms with Gasteiger partial charge in [-0.15, -0.1) is 11.3 Å². The van der Waals surface area contributed by atoms with Gasteiger partial charge in [0.25, 0.3) is 5.69 Å². The number of aliphatic imine (C=N–C) groups is 1. The van der Waals surface area contributed by atoms with Crippen molar-refractivity contribution < 1.29 is 14.4 Å². The van der Waals surface area contributed by atoms with Gasteiger partial charge in [-0.1, -0.05) is 20.8 Å².